The molecule has 9 heteroatoms. The van der Waals surface area contributed by atoms with E-state index in [2.05, 4.69) is 20.3 Å². The minimum absolute atomic E-state index is 0.00882. The van der Waals surface area contributed by atoms with Crippen molar-refractivity contribution < 1.29 is 19.1 Å². The maximum Gasteiger partial charge on any atom is 0.410 e. The molecule has 128 valence electrons. The molecule has 0 aromatic carbocycles. The van der Waals surface area contributed by atoms with Gasteiger partial charge in [-0.15, -0.1) is 5.10 Å². The molecule has 0 radical (unpaired) electrons. The topological polar surface area (TPSA) is 99.4 Å². The molecule has 0 aliphatic carbocycles. The molecule has 1 aliphatic heterocycles. The summed E-state index contributed by atoms with van der Waals surface area (Å²) in [6.45, 7) is 6.68. The van der Waals surface area contributed by atoms with E-state index in [-0.39, 0.29) is 18.6 Å². The number of likely N-dealkylation sites (tertiary alicyclic amines) is 1. The summed E-state index contributed by atoms with van der Waals surface area (Å²) in [7, 11) is 1.33. The number of hydrogen-bond acceptors (Lipinski definition) is 7. The summed E-state index contributed by atoms with van der Waals surface area (Å²) in [4.78, 5) is 25.1. The van der Waals surface area contributed by atoms with Crippen LogP contribution in [0.2, 0.25) is 0 Å². The Morgan fingerprint density at radius 3 is 2.48 bits per heavy atom. The van der Waals surface area contributed by atoms with Gasteiger partial charge >= 0.3 is 12.1 Å². The van der Waals surface area contributed by atoms with Crippen molar-refractivity contribution in [2.24, 2.45) is 0 Å². The summed E-state index contributed by atoms with van der Waals surface area (Å²) in [5.74, 6) is 0.359. The number of carbonyl (C=O) groups is 2. The van der Waals surface area contributed by atoms with Crippen LogP contribution >= 0.6 is 0 Å². The number of amides is 1. The van der Waals surface area contributed by atoms with Gasteiger partial charge in [0.25, 0.3) is 0 Å². The zero-order valence-electron chi connectivity index (χ0n) is 14.0. The van der Waals surface area contributed by atoms with Gasteiger partial charge in [-0.05, 0) is 44.0 Å². The van der Waals surface area contributed by atoms with Crippen molar-refractivity contribution in [2.75, 3.05) is 20.2 Å². The minimum atomic E-state index is -0.501. The Morgan fingerprint density at radius 2 is 1.91 bits per heavy atom. The van der Waals surface area contributed by atoms with Crippen LogP contribution in [0.3, 0.4) is 0 Å². The minimum Gasteiger partial charge on any atom is -0.468 e. The van der Waals surface area contributed by atoms with Crippen molar-refractivity contribution in [3.63, 3.8) is 0 Å². The van der Waals surface area contributed by atoms with E-state index in [1.165, 1.54) is 11.8 Å². The molecule has 1 aliphatic rings. The number of nitrogens with zero attached hydrogens (tertiary/aromatic N) is 5. The monoisotopic (exact) mass is 325 g/mol. The molecule has 1 aromatic rings. The van der Waals surface area contributed by atoms with Crippen molar-refractivity contribution >= 4 is 12.1 Å². The fourth-order valence-electron chi connectivity index (χ4n) is 2.45. The summed E-state index contributed by atoms with van der Waals surface area (Å²) < 4.78 is 11.5. The van der Waals surface area contributed by atoms with E-state index in [4.69, 9.17) is 4.74 Å². The van der Waals surface area contributed by atoms with Gasteiger partial charge in [-0.3, -0.25) is 4.79 Å². The molecule has 23 heavy (non-hydrogen) atoms. The summed E-state index contributed by atoms with van der Waals surface area (Å²) in [5.41, 5.74) is -0.501. The van der Waals surface area contributed by atoms with Gasteiger partial charge in [0.05, 0.1) is 7.11 Å². The molecule has 1 amide bonds. The van der Waals surface area contributed by atoms with E-state index < -0.39 is 11.6 Å². The normalized spacial score (nSPS) is 16.3. The molecule has 9 nitrogen and oxygen atoms in total. The first-order chi connectivity index (χ1) is 10.8. The average Bonchev–Trinajstić information content (AvgIpc) is 2.93. The average molecular weight is 325 g/mol. The van der Waals surface area contributed by atoms with Gasteiger partial charge in [-0.2, -0.15) is 0 Å². The standard InChI is InChI=1S/C14H23N5O4/c1-14(2,3)23-13(21)18-7-5-10(6-8-18)12-15-16-17-19(12)9-11(20)22-4/h10H,5-9H2,1-4H3. The zero-order valence-corrected chi connectivity index (χ0v) is 14.0. The predicted molar refractivity (Wildman–Crippen MR) is 79.6 cm³/mol. The quantitative estimate of drug-likeness (QED) is 0.763. The fraction of sp³-hybridized carbons (Fsp3) is 0.786. The van der Waals surface area contributed by atoms with E-state index >= 15 is 0 Å². The van der Waals surface area contributed by atoms with Gasteiger partial charge < -0.3 is 14.4 Å². The first-order valence-electron chi connectivity index (χ1n) is 7.61. The summed E-state index contributed by atoms with van der Waals surface area (Å²) in [6, 6.07) is 0. The number of rotatable bonds is 3. The van der Waals surface area contributed by atoms with Crippen LogP contribution in [-0.4, -0.2) is 63.0 Å². The lowest BCUT2D eigenvalue weighted by atomic mass is 9.96. The highest BCUT2D eigenvalue weighted by atomic mass is 16.6. The Hall–Kier alpha value is -2.19. The molecule has 0 N–H and O–H groups in total. The fourth-order valence-corrected chi connectivity index (χ4v) is 2.45. The van der Waals surface area contributed by atoms with Crippen molar-refractivity contribution in [2.45, 2.75) is 51.7 Å². The molecule has 1 saturated heterocycles. The highest BCUT2D eigenvalue weighted by molar-refractivity contribution is 5.69. The van der Waals surface area contributed by atoms with Gasteiger partial charge in [0, 0.05) is 19.0 Å². The molecular formula is C14H23N5O4. The van der Waals surface area contributed by atoms with E-state index in [0.29, 0.717) is 18.9 Å². The van der Waals surface area contributed by atoms with E-state index in [0.717, 1.165) is 12.8 Å². The lowest BCUT2D eigenvalue weighted by molar-refractivity contribution is -0.141. The van der Waals surface area contributed by atoms with Crippen LogP contribution in [0.1, 0.15) is 45.4 Å². The Bertz CT molecular complexity index is 558. The lowest BCUT2D eigenvalue weighted by Crippen LogP contribution is -2.41. The van der Waals surface area contributed by atoms with Crippen LogP contribution in [0.5, 0.6) is 0 Å². The second kappa shape index (κ2) is 6.93. The van der Waals surface area contributed by atoms with Crippen LogP contribution in [0.15, 0.2) is 0 Å². The van der Waals surface area contributed by atoms with E-state index in [9.17, 15) is 9.59 Å². The third-order valence-corrected chi connectivity index (χ3v) is 3.58. The number of hydrogen-bond donors (Lipinski definition) is 0. The Morgan fingerprint density at radius 1 is 1.26 bits per heavy atom. The molecule has 1 fully saturated rings. The van der Waals surface area contributed by atoms with Crippen molar-refractivity contribution in [1.29, 1.82) is 0 Å². The van der Waals surface area contributed by atoms with Crippen molar-refractivity contribution in [3.8, 4) is 0 Å². The molecule has 0 bridgehead atoms. The molecular weight excluding hydrogens is 302 g/mol. The van der Waals surface area contributed by atoms with Crippen LogP contribution in [0.4, 0.5) is 4.79 Å². The van der Waals surface area contributed by atoms with Gasteiger partial charge in [0.1, 0.15) is 12.1 Å². The van der Waals surface area contributed by atoms with Gasteiger partial charge in [-0.1, -0.05) is 0 Å². The second-order valence-corrected chi connectivity index (χ2v) is 6.51. The number of tetrazole rings is 1. The lowest BCUT2D eigenvalue weighted by Gasteiger charge is -2.32. The largest absolute Gasteiger partial charge is 0.468 e. The Labute approximate surface area is 134 Å². The number of aromatic nitrogens is 4. The van der Waals surface area contributed by atoms with E-state index in [1.807, 2.05) is 20.8 Å². The second-order valence-electron chi connectivity index (χ2n) is 6.51. The molecule has 1 aromatic heterocycles. The highest BCUT2D eigenvalue weighted by Gasteiger charge is 2.30. The third-order valence-electron chi connectivity index (χ3n) is 3.58. The van der Waals surface area contributed by atoms with Gasteiger partial charge in [0.2, 0.25) is 0 Å². The first-order valence-corrected chi connectivity index (χ1v) is 7.61. The maximum absolute atomic E-state index is 12.1. The summed E-state index contributed by atoms with van der Waals surface area (Å²) >= 11 is 0. The Balaban J connectivity index is 1.93. The molecule has 0 spiro atoms. The summed E-state index contributed by atoms with van der Waals surface area (Å²) in [6.07, 6.45) is 1.15. The van der Waals surface area contributed by atoms with Crippen LogP contribution in [-0.2, 0) is 20.8 Å². The summed E-state index contributed by atoms with van der Waals surface area (Å²) in [5, 5.41) is 11.5. The first kappa shape index (κ1) is 17.2. The van der Waals surface area contributed by atoms with Crippen LogP contribution in [0.25, 0.3) is 0 Å². The predicted octanol–water partition coefficient (Wildman–Crippen LogP) is 0.961. The highest BCUT2D eigenvalue weighted by Crippen LogP contribution is 2.27. The zero-order chi connectivity index (χ0) is 17.0. The van der Waals surface area contributed by atoms with Gasteiger partial charge in [0.15, 0.2) is 5.82 Å². The van der Waals surface area contributed by atoms with Crippen LogP contribution in [0, 0.1) is 0 Å². The number of carbonyl (C=O) groups excluding carboxylic acids is 2. The third kappa shape index (κ3) is 4.64. The van der Waals surface area contributed by atoms with Crippen molar-refractivity contribution in [3.05, 3.63) is 5.82 Å². The van der Waals surface area contributed by atoms with Gasteiger partial charge in [-0.25, -0.2) is 9.48 Å². The molecule has 0 unspecified atom stereocenters. The number of piperidine rings is 1. The Kier molecular flexibility index (Phi) is 5.17. The number of esters is 1. The smallest absolute Gasteiger partial charge is 0.410 e. The molecule has 2 rings (SSSR count). The molecule has 0 atom stereocenters. The maximum atomic E-state index is 12.1. The number of ether oxygens (including phenoxy) is 2. The molecule has 0 saturated carbocycles. The van der Waals surface area contributed by atoms with E-state index in [1.54, 1.807) is 4.90 Å². The SMILES string of the molecule is COC(=O)Cn1nnnc1C1CCN(C(=O)OC(C)(C)C)CC1. The van der Waals surface area contributed by atoms with Crippen LogP contribution < -0.4 is 0 Å². The molecule has 2 heterocycles. The number of methoxy groups -OCH3 is 1. The van der Waals surface area contributed by atoms with Crippen molar-refractivity contribution in [1.82, 2.24) is 25.1 Å².